The van der Waals surface area contributed by atoms with Crippen LogP contribution >= 0.6 is 0 Å². The third kappa shape index (κ3) is 4.11. The Morgan fingerprint density at radius 2 is 1.91 bits per heavy atom. The molecule has 0 aliphatic heterocycles. The molecule has 0 radical (unpaired) electrons. The smallest absolute Gasteiger partial charge is 0.407 e. The van der Waals surface area contributed by atoms with Gasteiger partial charge in [0, 0.05) is 17.9 Å². The molecule has 188 valence electrons. The van der Waals surface area contributed by atoms with Gasteiger partial charge < -0.3 is 31.4 Å². The summed E-state index contributed by atoms with van der Waals surface area (Å²) in [6.45, 7) is 8.49. The zero-order valence-electron chi connectivity index (χ0n) is 20.7. The number of hydrogen-bond acceptors (Lipinski definition) is 6. The summed E-state index contributed by atoms with van der Waals surface area (Å²) in [5, 5.41) is 12.7. The van der Waals surface area contributed by atoms with Crippen LogP contribution in [0.25, 0.3) is 0 Å². The number of carboxylic acids is 1. The Morgan fingerprint density at radius 3 is 2.41 bits per heavy atom. The number of fused-ring (bicyclic) bond motifs is 2. The Hall–Kier alpha value is -2.45. The molecule has 0 spiro atoms. The summed E-state index contributed by atoms with van der Waals surface area (Å²) in [6.07, 6.45) is 3.57. The second kappa shape index (κ2) is 9.30. The highest BCUT2D eigenvalue weighted by Crippen LogP contribution is 2.66. The molecular weight excluding hydrogens is 434 g/mol. The van der Waals surface area contributed by atoms with Gasteiger partial charge in [-0.2, -0.15) is 0 Å². The molecule has 1 aromatic carbocycles. The Kier molecular flexibility index (Phi) is 7.16. The van der Waals surface area contributed by atoms with Crippen molar-refractivity contribution in [1.29, 1.82) is 0 Å². The van der Waals surface area contributed by atoms with E-state index in [0.29, 0.717) is 24.2 Å². The lowest BCUT2D eigenvalue weighted by atomic mass is 9.66. The van der Waals surface area contributed by atoms with Crippen molar-refractivity contribution in [2.45, 2.75) is 77.0 Å². The molecule has 2 saturated carbocycles. The molecule has 1 amide bonds. The summed E-state index contributed by atoms with van der Waals surface area (Å²) >= 11 is 0. The topological polar surface area (TPSA) is 145 Å². The normalized spacial score (nSPS) is 29.5. The second-order valence-electron chi connectivity index (χ2n) is 11.1. The maximum atomic E-state index is 12.5. The van der Waals surface area contributed by atoms with E-state index in [-0.39, 0.29) is 29.9 Å². The van der Waals surface area contributed by atoms with Gasteiger partial charge in [-0.3, -0.25) is 4.79 Å². The number of aliphatic carboxylic acids is 1. The lowest BCUT2D eigenvalue weighted by Crippen LogP contribution is -2.70. The molecule has 3 rings (SSSR count). The van der Waals surface area contributed by atoms with E-state index in [2.05, 4.69) is 26.1 Å². The first kappa shape index (κ1) is 26.2. The van der Waals surface area contributed by atoms with Crippen LogP contribution in [-0.2, 0) is 19.9 Å². The van der Waals surface area contributed by atoms with Gasteiger partial charge in [-0.25, -0.2) is 4.79 Å². The molecule has 2 aliphatic carbocycles. The van der Waals surface area contributed by atoms with Gasteiger partial charge in [0.05, 0.1) is 5.54 Å². The monoisotopic (exact) mass is 473 g/mol. The maximum Gasteiger partial charge on any atom is 0.407 e. The van der Waals surface area contributed by atoms with Crippen LogP contribution in [0.3, 0.4) is 0 Å². The van der Waals surface area contributed by atoms with E-state index in [0.717, 1.165) is 12.8 Å². The molecule has 8 nitrogen and oxygen atoms in total. The first-order valence-corrected chi connectivity index (χ1v) is 12.1. The largest absolute Gasteiger partial charge is 0.480 e. The van der Waals surface area contributed by atoms with Gasteiger partial charge in [-0.1, -0.05) is 51.1 Å². The summed E-state index contributed by atoms with van der Waals surface area (Å²) in [5.41, 5.74) is 9.92. The Morgan fingerprint density at radius 1 is 1.26 bits per heavy atom. The van der Waals surface area contributed by atoms with Gasteiger partial charge in [-0.05, 0) is 55.9 Å². The number of alkyl carbamates (subject to hydrolysis) is 1. The van der Waals surface area contributed by atoms with Crippen molar-refractivity contribution in [1.82, 2.24) is 5.32 Å². The third-order valence-electron chi connectivity index (χ3n) is 9.26. The summed E-state index contributed by atoms with van der Waals surface area (Å²) < 4.78 is 5.78. The van der Waals surface area contributed by atoms with Crippen LogP contribution in [0.15, 0.2) is 30.3 Å². The predicted molar refractivity (Wildman–Crippen MR) is 129 cm³/mol. The number of benzene rings is 1. The molecule has 0 saturated heterocycles. The van der Waals surface area contributed by atoms with Crippen molar-refractivity contribution in [2.24, 2.45) is 34.1 Å². The highest BCUT2D eigenvalue weighted by atomic mass is 16.6. The molecule has 1 aromatic rings. The lowest BCUT2D eigenvalue weighted by molar-refractivity contribution is -0.151. The first-order valence-electron chi connectivity index (χ1n) is 12.1. The fraction of sp³-hybridized carbons (Fsp3) is 0.654. The van der Waals surface area contributed by atoms with Crippen LogP contribution in [-0.4, -0.2) is 41.6 Å². The summed E-state index contributed by atoms with van der Waals surface area (Å²) in [5.74, 6) is -1.84. The van der Waals surface area contributed by atoms with Crippen LogP contribution in [0.5, 0.6) is 0 Å². The molecule has 2 aliphatic rings. The molecule has 2 bridgehead atoms. The number of carboxylic acid groups (broad SMARTS) is 1. The fourth-order valence-electron chi connectivity index (χ4n) is 6.18. The molecule has 6 N–H and O–H groups in total. The van der Waals surface area contributed by atoms with Crippen LogP contribution in [0.1, 0.15) is 65.4 Å². The zero-order valence-corrected chi connectivity index (χ0v) is 20.7. The summed E-state index contributed by atoms with van der Waals surface area (Å²) in [6, 6.07) is 8.67. The van der Waals surface area contributed by atoms with E-state index >= 15 is 0 Å². The van der Waals surface area contributed by atoms with Gasteiger partial charge >= 0.3 is 12.1 Å². The van der Waals surface area contributed by atoms with Gasteiger partial charge in [-0.15, -0.1) is 0 Å². The van der Waals surface area contributed by atoms with Crippen LogP contribution < -0.4 is 16.8 Å². The minimum absolute atomic E-state index is 0.0265. The van der Waals surface area contributed by atoms with E-state index in [4.69, 9.17) is 16.2 Å². The number of carbonyl (C=O) groups excluding carboxylic acids is 2. The van der Waals surface area contributed by atoms with E-state index in [1.54, 1.807) is 30.3 Å². The predicted octanol–water partition coefficient (Wildman–Crippen LogP) is 3.18. The minimum Gasteiger partial charge on any atom is -0.480 e. The molecule has 34 heavy (non-hydrogen) atoms. The van der Waals surface area contributed by atoms with Gasteiger partial charge in [0.1, 0.15) is 17.9 Å². The molecule has 6 unspecified atom stereocenters. The SMILES string of the molecule is CC(N)(c1ccccc1)C(N)(C(=O)O)C(C=O)CCCNC(=O)OC1CC2CCC1(C)C2(C)C. The Bertz CT molecular complexity index is 918. The average molecular weight is 474 g/mol. The average Bonchev–Trinajstić information content (AvgIpc) is 3.12. The van der Waals surface area contributed by atoms with E-state index < -0.39 is 29.1 Å². The number of amides is 1. The molecule has 6 atom stereocenters. The van der Waals surface area contributed by atoms with E-state index in [1.165, 1.54) is 13.3 Å². The minimum atomic E-state index is -2.03. The Labute approximate surface area is 201 Å². The standard InChI is InChI=1S/C26H39N3O5/c1-23(2)18-12-13-24(23,3)20(15-18)34-22(33)29-14-8-11-19(16-30)26(28,21(31)32)25(4,27)17-9-6-5-7-10-17/h5-7,9-10,16,18-20H,8,11-15,27-28H2,1-4H3,(H,29,33)(H,31,32). The number of ether oxygens (including phenoxy) is 1. The highest BCUT2D eigenvalue weighted by Gasteiger charge is 2.63. The quantitative estimate of drug-likeness (QED) is 0.302. The van der Waals surface area contributed by atoms with E-state index in [9.17, 15) is 19.5 Å². The van der Waals surface area contributed by atoms with E-state index in [1.807, 2.05) is 0 Å². The highest BCUT2D eigenvalue weighted by molar-refractivity contribution is 5.85. The van der Waals surface area contributed by atoms with Crippen molar-refractivity contribution in [3.63, 3.8) is 0 Å². The number of nitrogens with one attached hydrogen (secondary N) is 1. The molecular formula is C26H39N3O5. The van der Waals surface area contributed by atoms with Crippen LogP contribution in [0.4, 0.5) is 4.79 Å². The number of rotatable bonds is 10. The van der Waals surface area contributed by atoms with Gasteiger partial charge in [0.15, 0.2) is 0 Å². The number of aldehydes is 1. The van der Waals surface area contributed by atoms with Crippen molar-refractivity contribution in [3.05, 3.63) is 35.9 Å². The number of hydrogen-bond donors (Lipinski definition) is 4. The molecule has 0 aromatic heterocycles. The zero-order chi connectivity index (χ0) is 25.4. The Balaban J connectivity index is 1.58. The number of nitrogens with two attached hydrogens (primary N) is 2. The van der Waals surface area contributed by atoms with Crippen LogP contribution in [0, 0.1) is 22.7 Å². The lowest BCUT2D eigenvalue weighted by Gasteiger charge is -2.44. The molecule has 0 heterocycles. The first-order chi connectivity index (χ1) is 15.8. The molecule has 8 heteroatoms. The van der Waals surface area contributed by atoms with Crippen LogP contribution in [0.2, 0.25) is 0 Å². The van der Waals surface area contributed by atoms with Gasteiger partial charge in [0.2, 0.25) is 0 Å². The molecule has 2 fully saturated rings. The maximum absolute atomic E-state index is 12.5. The van der Waals surface area contributed by atoms with Crippen molar-refractivity contribution in [2.75, 3.05) is 6.54 Å². The summed E-state index contributed by atoms with van der Waals surface area (Å²) in [4.78, 5) is 36.7. The fourth-order valence-corrected chi connectivity index (χ4v) is 6.18. The van der Waals surface area contributed by atoms with Gasteiger partial charge in [0.25, 0.3) is 0 Å². The van der Waals surface area contributed by atoms with Crippen molar-refractivity contribution in [3.8, 4) is 0 Å². The second-order valence-corrected chi connectivity index (χ2v) is 11.1. The third-order valence-corrected chi connectivity index (χ3v) is 9.26. The van der Waals surface area contributed by atoms with Crippen molar-refractivity contribution < 1.29 is 24.2 Å². The van der Waals surface area contributed by atoms with Crippen molar-refractivity contribution >= 4 is 18.3 Å². The summed E-state index contributed by atoms with van der Waals surface area (Å²) in [7, 11) is 0. The number of carbonyl (C=O) groups is 3.